The summed E-state index contributed by atoms with van der Waals surface area (Å²) in [6.07, 6.45) is 3.46. The smallest absolute Gasteiger partial charge is 0.119 e. The first-order chi connectivity index (χ1) is 12.2. The molecule has 0 atom stereocenters. The lowest BCUT2D eigenvalue weighted by Gasteiger charge is -2.08. The molecule has 0 unspecified atom stereocenters. The zero-order valence-electron chi connectivity index (χ0n) is 12.9. The van der Waals surface area contributed by atoms with Crippen molar-refractivity contribution in [2.24, 2.45) is 0 Å². The summed E-state index contributed by atoms with van der Waals surface area (Å²) in [6, 6.07) is 16.9. The standard InChI is InChI=1S/C18H12BrIN4S/c19-14-5-1-12(2-6-14)17-16(9-24-10-21-22-11-24)25-23-18(17)13-3-7-15(20)8-4-13/h1-8,10-11H,9H2. The van der Waals surface area contributed by atoms with Crippen molar-refractivity contribution in [3.8, 4) is 22.4 Å². The fourth-order valence-corrected chi connectivity index (χ4v) is 4.16. The molecule has 0 saturated heterocycles. The SMILES string of the molecule is Brc1ccc(-c2c(-c3ccc(I)cc3)nsc2Cn2cnnc2)cc1. The monoisotopic (exact) mass is 522 g/mol. The van der Waals surface area contributed by atoms with Crippen molar-refractivity contribution in [2.75, 3.05) is 0 Å². The molecule has 0 N–H and O–H groups in total. The van der Waals surface area contributed by atoms with Crippen LogP contribution in [0.1, 0.15) is 4.88 Å². The molecule has 124 valence electrons. The van der Waals surface area contributed by atoms with Crippen LogP contribution in [0.5, 0.6) is 0 Å². The van der Waals surface area contributed by atoms with Crippen LogP contribution < -0.4 is 0 Å². The summed E-state index contributed by atoms with van der Waals surface area (Å²) in [7, 11) is 0. The van der Waals surface area contributed by atoms with Gasteiger partial charge in [0.25, 0.3) is 0 Å². The van der Waals surface area contributed by atoms with E-state index in [1.165, 1.54) is 25.5 Å². The second kappa shape index (κ2) is 7.35. The molecule has 2 aromatic heterocycles. The van der Waals surface area contributed by atoms with Gasteiger partial charge in [-0.15, -0.1) is 10.2 Å². The van der Waals surface area contributed by atoms with Gasteiger partial charge in [0.15, 0.2) is 0 Å². The third-order valence-electron chi connectivity index (χ3n) is 3.81. The molecule has 0 amide bonds. The van der Waals surface area contributed by atoms with E-state index >= 15 is 0 Å². The molecule has 0 radical (unpaired) electrons. The molecule has 7 heteroatoms. The number of benzene rings is 2. The van der Waals surface area contributed by atoms with E-state index in [2.05, 4.69) is 97.2 Å². The van der Waals surface area contributed by atoms with E-state index in [4.69, 9.17) is 4.37 Å². The van der Waals surface area contributed by atoms with E-state index in [-0.39, 0.29) is 0 Å². The van der Waals surface area contributed by atoms with Gasteiger partial charge >= 0.3 is 0 Å². The average Bonchev–Trinajstić information content (AvgIpc) is 3.27. The van der Waals surface area contributed by atoms with Crippen molar-refractivity contribution in [3.05, 3.63) is 74.1 Å². The Morgan fingerprint density at radius 1 is 0.920 bits per heavy atom. The molecular weight excluding hydrogens is 511 g/mol. The van der Waals surface area contributed by atoms with Crippen molar-refractivity contribution in [3.63, 3.8) is 0 Å². The summed E-state index contributed by atoms with van der Waals surface area (Å²) < 4.78 is 9.01. The average molecular weight is 523 g/mol. The lowest BCUT2D eigenvalue weighted by Crippen LogP contribution is -1.96. The van der Waals surface area contributed by atoms with Crippen molar-refractivity contribution in [1.82, 2.24) is 19.1 Å². The maximum absolute atomic E-state index is 4.77. The Balaban J connectivity index is 1.85. The van der Waals surface area contributed by atoms with Gasteiger partial charge in [0, 0.05) is 19.2 Å². The summed E-state index contributed by atoms with van der Waals surface area (Å²) in [5, 5.41) is 7.79. The normalized spacial score (nSPS) is 11.0. The van der Waals surface area contributed by atoms with Crippen LogP contribution >= 0.6 is 50.1 Å². The van der Waals surface area contributed by atoms with Gasteiger partial charge < -0.3 is 4.57 Å². The third-order valence-corrected chi connectivity index (χ3v) is 5.88. The highest BCUT2D eigenvalue weighted by Crippen LogP contribution is 2.38. The predicted octanol–water partition coefficient (Wildman–Crippen LogP) is 5.48. The molecule has 2 aromatic carbocycles. The minimum absolute atomic E-state index is 0.709. The third kappa shape index (κ3) is 3.68. The van der Waals surface area contributed by atoms with Crippen LogP contribution in [0.25, 0.3) is 22.4 Å². The molecule has 2 heterocycles. The largest absolute Gasteiger partial charge is 0.315 e. The Morgan fingerprint density at radius 3 is 2.24 bits per heavy atom. The zero-order chi connectivity index (χ0) is 17.2. The molecule has 4 aromatic rings. The number of nitrogens with zero attached hydrogens (tertiary/aromatic N) is 4. The van der Waals surface area contributed by atoms with Gasteiger partial charge in [0.2, 0.25) is 0 Å². The van der Waals surface area contributed by atoms with Crippen LogP contribution in [0.15, 0.2) is 65.7 Å². The highest BCUT2D eigenvalue weighted by atomic mass is 127. The van der Waals surface area contributed by atoms with E-state index in [1.54, 1.807) is 12.7 Å². The highest BCUT2D eigenvalue weighted by Gasteiger charge is 2.17. The van der Waals surface area contributed by atoms with Gasteiger partial charge in [-0.25, -0.2) is 0 Å². The predicted molar refractivity (Wildman–Crippen MR) is 113 cm³/mol. The van der Waals surface area contributed by atoms with Gasteiger partial charge in [-0.05, 0) is 64.0 Å². The van der Waals surface area contributed by atoms with E-state index in [0.717, 1.165) is 21.3 Å². The maximum atomic E-state index is 4.77. The molecule has 4 nitrogen and oxygen atoms in total. The molecule has 0 aliphatic heterocycles. The fraction of sp³-hybridized carbons (Fsp3) is 0.0556. The highest BCUT2D eigenvalue weighted by molar-refractivity contribution is 14.1. The fourth-order valence-electron chi connectivity index (χ4n) is 2.62. The molecule has 0 aliphatic carbocycles. The van der Waals surface area contributed by atoms with Crippen LogP contribution in [-0.2, 0) is 6.54 Å². The summed E-state index contributed by atoms with van der Waals surface area (Å²) >= 11 is 7.36. The Hall–Kier alpha value is -1.58. The second-order valence-corrected chi connectivity index (χ2v) is 8.50. The van der Waals surface area contributed by atoms with E-state index < -0.39 is 0 Å². The van der Waals surface area contributed by atoms with Crippen molar-refractivity contribution in [1.29, 1.82) is 0 Å². The van der Waals surface area contributed by atoms with E-state index in [1.807, 2.05) is 4.57 Å². The zero-order valence-corrected chi connectivity index (χ0v) is 17.5. The van der Waals surface area contributed by atoms with Crippen molar-refractivity contribution in [2.45, 2.75) is 6.54 Å². The van der Waals surface area contributed by atoms with Gasteiger partial charge in [-0.2, -0.15) is 4.37 Å². The van der Waals surface area contributed by atoms with Crippen LogP contribution in [0.3, 0.4) is 0 Å². The first kappa shape index (κ1) is 16.9. The number of rotatable bonds is 4. The molecule has 25 heavy (non-hydrogen) atoms. The summed E-state index contributed by atoms with van der Waals surface area (Å²) in [5.74, 6) is 0. The molecular formula is C18H12BrIN4S. The minimum atomic E-state index is 0.709. The maximum Gasteiger partial charge on any atom is 0.119 e. The molecule has 0 spiro atoms. The molecule has 0 bridgehead atoms. The van der Waals surface area contributed by atoms with Crippen molar-refractivity contribution < 1.29 is 0 Å². The number of hydrogen-bond acceptors (Lipinski definition) is 4. The summed E-state index contributed by atoms with van der Waals surface area (Å²) in [5.41, 5.74) is 4.48. The van der Waals surface area contributed by atoms with Gasteiger partial charge in [0.05, 0.1) is 17.1 Å². The van der Waals surface area contributed by atoms with E-state index in [9.17, 15) is 0 Å². The van der Waals surface area contributed by atoms with Crippen LogP contribution in [0, 0.1) is 3.57 Å². The Bertz CT molecular complexity index is 979. The van der Waals surface area contributed by atoms with Gasteiger partial charge in [-0.3, -0.25) is 0 Å². The molecule has 4 rings (SSSR count). The van der Waals surface area contributed by atoms with Crippen LogP contribution in [-0.4, -0.2) is 19.1 Å². The first-order valence-electron chi connectivity index (χ1n) is 7.53. The lowest BCUT2D eigenvalue weighted by molar-refractivity contribution is 0.808. The Kier molecular flexibility index (Phi) is 4.96. The number of hydrogen-bond donors (Lipinski definition) is 0. The second-order valence-electron chi connectivity index (χ2n) is 5.48. The Morgan fingerprint density at radius 2 is 1.56 bits per heavy atom. The first-order valence-corrected chi connectivity index (χ1v) is 10.2. The molecule has 0 aliphatic rings. The minimum Gasteiger partial charge on any atom is -0.315 e. The van der Waals surface area contributed by atoms with Crippen LogP contribution in [0.4, 0.5) is 0 Å². The summed E-state index contributed by atoms with van der Waals surface area (Å²) in [6.45, 7) is 0.709. The quantitative estimate of drug-likeness (QED) is 0.333. The molecule has 0 saturated carbocycles. The molecule has 0 fully saturated rings. The van der Waals surface area contributed by atoms with Crippen molar-refractivity contribution >= 4 is 50.1 Å². The lowest BCUT2D eigenvalue weighted by atomic mass is 9.99. The number of halogens is 2. The van der Waals surface area contributed by atoms with Gasteiger partial charge in [-0.1, -0.05) is 40.2 Å². The van der Waals surface area contributed by atoms with E-state index in [0.29, 0.717) is 6.54 Å². The number of aromatic nitrogens is 4. The van der Waals surface area contributed by atoms with Crippen LogP contribution in [0.2, 0.25) is 0 Å². The van der Waals surface area contributed by atoms with Gasteiger partial charge in [0.1, 0.15) is 12.7 Å². The Labute approximate surface area is 171 Å². The topological polar surface area (TPSA) is 43.6 Å². The summed E-state index contributed by atoms with van der Waals surface area (Å²) in [4.78, 5) is 1.19.